The Morgan fingerprint density at radius 3 is 1.45 bits per heavy atom. The van der Waals surface area contributed by atoms with Gasteiger partial charge in [-0.25, -0.2) is 4.79 Å². The van der Waals surface area contributed by atoms with Gasteiger partial charge in [-0.15, -0.1) is 0 Å². The van der Waals surface area contributed by atoms with Crippen LogP contribution < -0.4 is 0 Å². The van der Waals surface area contributed by atoms with Crippen LogP contribution in [0.25, 0.3) is 0 Å². The van der Waals surface area contributed by atoms with E-state index in [0.717, 1.165) is 12.8 Å². The molecule has 0 bridgehead atoms. The molecule has 0 fully saturated rings. The lowest BCUT2D eigenvalue weighted by Gasteiger charge is -2.19. The normalized spacial score (nSPS) is 12.6. The molecule has 0 saturated heterocycles. The molecule has 1 atom stereocenters. The van der Waals surface area contributed by atoms with Crippen molar-refractivity contribution in [2.75, 3.05) is 7.11 Å². The van der Waals surface area contributed by atoms with E-state index in [-0.39, 0.29) is 12.1 Å². The van der Waals surface area contributed by atoms with Gasteiger partial charge >= 0.3 is 5.97 Å². The molecule has 0 N–H and O–H groups in total. The van der Waals surface area contributed by atoms with Crippen LogP contribution in [0.15, 0.2) is 12.7 Å². The molecule has 0 rings (SSSR count). The summed E-state index contributed by atoms with van der Waals surface area (Å²) in [7, 11) is 0.566. The van der Waals surface area contributed by atoms with Gasteiger partial charge in [0.1, 0.15) is 0 Å². The zero-order valence-corrected chi connectivity index (χ0v) is 22.5. The van der Waals surface area contributed by atoms with E-state index in [4.69, 9.17) is 9.16 Å². The Balaban J connectivity index is 3.17. The quantitative estimate of drug-likeness (QED) is 0.0668. The van der Waals surface area contributed by atoms with E-state index in [0.29, 0.717) is 0 Å². The molecule has 0 spiro atoms. The first-order valence-corrected chi connectivity index (χ1v) is 16.4. The SMILES string of the molecule is C=CC(=O)OC(C)CCCCCCCCCCCCCCCCCCC[Si](C)(C)OC. The van der Waals surface area contributed by atoms with Crippen LogP contribution in [0.3, 0.4) is 0 Å². The Labute approximate surface area is 195 Å². The van der Waals surface area contributed by atoms with Crippen molar-refractivity contribution in [1.29, 1.82) is 0 Å². The highest BCUT2D eigenvalue weighted by atomic mass is 28.4. The molecule has 0 aromatic rings. The number of hydrogen-bond acceptors (Lipinski definition) is 3. The zero-order chi connectivity index (χ0) is 23.2. The fourth-order valence-corrected chi connectivity index (χ4v) is 5.35. The van der Waals surface area contributed by atoms with Gasteiger partial charge in [0.2, 0.25) is 0 Å². The van der Waals surface area contributed by atoms with Crippen LogP contribution in [0.2, 0.25) is 19.1 Å². The number of ether oxygens (including phenoxy) is 1. The number of rotatable bonds is 23. The number of carbonyl (C=O) groups excluding carboxylic acids is 1. The van der Waals surface area contributed by atoms with Gasteiger partial charge in [0.25, 0.3) is 0 Å². The summed E-state index contributed by atoms with van der Waals surface area (Å²) >= 11 is 0. The summed E-state index contributed by atoms with van der Waals surface area (Å²) in [6.45, 7) is 10.0. The lowest BCUT2D eigenvalue weighted by Crippen LogP contribution is -2.27. The number of hydrogen-bond donors (Lipinski definition) is 0. The maximum absolute atomic E-state index is 11.1. The molecule has 4 heteroatoms. The van der Waals surface area contributed by atoms with E-state index >= 15 is 0 Å². The smallest absolute Gasteiger partial charge is 0.330 e. The monoisotopic (exact) mass is 454 g/mol. The summed E-state index contributed by atoms with van der Waals surface area (Å²) in [5.41, 5.74) is 0. The van der Waals surface area contributed by atoms with E-state index < -0.39 is 8.32 Å². The molecular formula is C27H54O3Si. The Bertz CT molecular complexity index is 423. The average molecular weight is 455 g/mol. The topological polar surface area (TPSA) is 35.5 Å². The molecule has 0 aromatic heterocycles. The Morgan fingerprint density at radius 1 is 0.742 bits per heavy atom. The summed E-state index contributed by atoms with van der Waals surface area (Å²) in [5, 5.41) is 0. The second-order valence-electron chi connectivity index (χ2n) is 9.96. The van der Waals surface area contributed by atoms with Crippen LogP contribution in [0, 0.1) is 0 Å². The maximum atomic E-state index is 11.1. The van der Waals surface area contributed by atoms with Gasteiger partial charge in [0, 0.05) is 13.2 Å². The summed E-state index contributed by atoms with van der Waals surface area (Å²) in [4.78, 5) is 11.1. The largest absolute Gasteiger partial charge is 0.460 e. The fraction of sp³-hybridized carbons (Fsp3) is 0.889. The molecule has 3 nitrogen and oxygen atoms in total. The van der Waals surface area contributed by atoms with Crippen LogP contribution in [-0.2, 0) is 14.0 Å². The minimum Gasteiger partial charge on any atom is -0.460 e. The second-order valence-corrected chi connectivity index (χ2v) is 14.4. The molecule has 0 heterocycles. The average Bonchev–Trinajstić information content (AvgIpc) is 2.75. The van der Waals surface area contributed by atoms with Gasteiger partial charge < -0.3 is 9.16 Å². The van der Waals surface area contributed by atoms with Gasteiger partial charge in [0.15, 0.2) is 8.32 Å². The number of unbranched alkanes of at least 4 members (excludes halogenated alkanes) is 16. The third-order valence-corrected chi connectivity index (χ3v) is 9.09. The number of esters is 1. The number of carbonyl (C=O) groups is 1. The second kappa shape index (κ2) is 21.2. The van der Waals surface area contributed by atoms with Crippen molar-refractivity contribution in [3.8, 4) is 0 Å². The first-order chi connectivity index (χ1) is 14.9. The lowest BCUT2D eigenvalue weighted by molar-refractivity contribution is -0.142. The molecule has 0 radical (unpaired) electrons. The van der Waals surface area contributed by atoms with Gasteiger partial charge in [0.05, 0.1) is 6.10 Å². The molecular weight excluding hydrogens is 400 g/mol. The summed E-state index contributed by atoms with van der Waals surface area (Å²) < 4.78 is 10.8. The minimum absolute atomic E-state index is 0.0191. The molecule has 0 aromatic carbocycles. The molecule has 184 valence electrons. The van der Waals surface area contributed by atoms with Crippen LogP contribution in [0.4, 0.5) is 0 Å². The van der Waals surface area contributed by atoms with Crippen LogP contribution in [0.1, 0.15) is 122 Å². The summed E-state index contributed by atoms with van der Waals surface area (Å²) in [5.74, 6) is -0.303. The molecule has 0 aliphatic carbocycles. The Morgan fingerprint density at radius 2 is 1.10 bits per heavy atom. The van der Waals surface area contributed by atoms with Crippen molar-refractivity contribution in [2.24, 2.45) is 0 Å². The molecule has 1 unspecified atom stereocenters. The van der Waals surface area contributed by atoms with E-state index in [1.165, 1.54) is 115 Å². The lowest BCUT2D eigenvalue weighted by atomic mass is 10.0. The van der Waals surface area contributed by atoms with Crippen molar-refractivity contribution in [3.05, 3.63) is 12.7 Å². The van der Waals surface area contributed by atoms with Crippen LogP contribution in [0.5, 0.6) is 0 Å². The van der Waals surface area contributed by atoms with Crippen molar-refractivity contribution < 1.29 is 14.0 Å². The van der Waals surface area contributed by atoms with Crippen molar-refractivity contribution in [3.63, 3.8) is 0 Å². The third kappa shape index (κ3) is 22.4. The fourth-order valence-electron chi connectivity index (χ4n) is 4.04. The van der Waals surface area contributed by atoms with Gasteiger partial charge in [-0.2, -0.15) is 0 Å². The van der Waals surface area contributed by atoms with Gasteiger partial charge in [-0.3, -0.25) is 0 Å². The molecule has 31 heavy (non-hydrogen) atoms. The first-order valence-electron chi connectivity index (χ1n) is 13.3. The molecule has 0 aliphatic rings. The third-order valence-electron chi connectivity index (χ3n) is 6.43. The Hall–Kier alpha value is -0.613. The first kappa shape index (κ1) is 30.4. The van der Waals surface area contributed by atoms with Gasteiger partial charge in [-0.05, 0) is 38.9 Å². The molecule has 0 aliphatic heterocycles. The standard InChI is InChI=1S/C27H54O3Si/c1-6-27(28)30-26(2)24-22-20-18-16-14-12-10-8-7-9-11-13-15-17-19-21-23-25-31(4,5)29-3/h6,26H,1,7-25H2,2-5H3. The highest BCUT2D eigenvalue weighted by Gasteiger charge is 2.19. The maximum Gasteiger partial charge on any atom is 0.330 e. The van der Waals surface area contributed by atoms with Crippen LogP contribution in [-0.4, -0.2) is 27.5 Å². The predicted molar refractivity (Wildman–Crippen MR) is 138 cm³/mol. The van der Waals surface area contributed by atoms with Crippen LogP contribution >= 0.6 is 0 Å². The van der Waals surface area contributed by atoms with Crippen molar-refractivity contribution in [2.45, 2.75) is 148 Å². The highest BCUT2D eigenvalue weighted by molar-refractivity contribution is 6.71. The van der Waals surface area contributed by atoms with E-state index in [9.17, 15) is 4.79 Å². The molecule has 0 amide bonds. The molecule has 0 saturated carbocycles. The van der Waals surface area contributed by atoms with Crippen molar-refractivity contribution in [1.82, 2.24) is 0 Å². The Kier molecular flexibility index (Phi) is 20.8. The van der Waals surface area contributed by atoms with Crippen molar-refractivity contribution >= 4 is 14.3 Å². The minimum atomic E-state index is -1.31. The summed E-state index contributed by atoms with van der Waals surface area (Å²) in [6, 6.07) is 1.32. The zero-order valence-electron chi connectivity index (χ0n) is 21.5. The van der Waals surface area contributed by atoms with Gasteiger partial charge in [-0.1, -0.05) is 109 Å². The highest BCUT2D eigenvalue weighted by Crippen LogP contribution is 2.17. The van der Waals surface area contributed by atoms with E-state index in [1.54, 1.807) is 0 Å². The van der Waals surface area contributed by atoms with E-state index in [1.807, 2.05) is 14.0 Å². The van der Waals surface area contributed by atoms with E-state index in [2.05, 4.69) is 19.7 Å². The summed E-state index contributed by atoms with van der Waals surface area (Å²) in [6.07, 6.45) is 25.7. The predicted octanol–water partition coefficient (Wildman–Crippen LogP) is 8.98.